The van der Waals surface area contributed by atoms with Gasteiger partial charge in [0.05, 0.1) is 24.4 Å². The number of carbonyl (C=O) groups excluding carboxylic acids is 1. The highest BCUT2D eigenvalue weighted by Crippen LogP contribution is 2.26. The number of rotatable bonds is 7. The number of hydrogen-bond donors (Lipinski definition) is 4. The molecule has 0 heterocycles. The van der Waals surface area contributed by atoms with E-state index in [9.17, 15) is 9.59 Å². The van der Waals surface area contributed by atoms with Gasteiger partial charge in [-0.25, -0.2) is 4.79 Å². The Kier molecular flexibility index (Phi) is 5.77. The molecule has 0 unspecified atom stereocenters. The molecular weight excluding hydrogens is 252 g/mol. The van der Waals surface area contributed by atoms with Crippen LogP contribution < -0.4 is 15.8 Å². The molecule has 7 heteroatoms. The summed E-state index contributed by atoms with van der Waals surface area (Å²) in [5.41, 5.74) is 5.58. The number of benzene rings is 1. The molecule has 0 aromatic heterocycles. The lowest BCUT2D eigenvalue weighted by Crippen LogP contribution is -2.22. The zero-order valence-corrected chi connectivity index (χ0v) is 10.3. The van der Waals surface area contributed by atoms with Crippen LogP contribution in [0.1, 0.15) is 16.8 Å². The predicted molar refractivity (Wildman–Crippen MR) is 68.3 cm³/mol. The highest BCUT2D eigenvalue weighted by Gasteiger charge is 2.11. The molecule has 0 saturated heterocycles. The van der Waals surface area contributed by atoms with Gasteiger partial charge in [0.15, 0.2) is 0 Å². The minimum atomic E-state index is -1.09. The number of aliphatic hydroxyl groups is 1. The summed E-state index contributed by atoms with van der Waals surface area (Å²) in [7, 11) is 0. The minimum Gasteiger partial charge on any atom is -0.491 e. The van der Waals surface area contributed by atoms with Crippen molar-refractivity contribution >= 4 is 17.6 Å². The van der Waals surface area contributed by atoms with Crippen molar-refractivity contribution in [3.8, 4) is 5.75 Å². The molecule has 104 valence electrons. The third kappa shape index (κ3) is 4.57. The summed E-state index contributed by atoms with van der Waals surface area (Å²) in [4.78, 5) is 22.1. The molecule has 19 heavy (non-hydrogen) atoms. The number of aliphatic hydroxyl groups excluding tert-OH is 1. The second kappa shape index (κ2) is 7.34. The minimum absolute atomic E-state index is 0.0386. The monoisotopic (exact) mass is 268 g/mol. The first-order valence-corrected chi connectivity index (χ1v) is 5.69. The molecule has 1 amide bonds. The Labute approximate surface area is 110 Å². The number of nitrogens with one attached hydrogen (secondary N) is 1. The molecule has 0 saturated carbocycles. The van der Waals surface area contributed by atoms with Gasteiger partial charge in [-0.1, -0.05) is 0 Å². The number of carbonyl (C=O) groups is 2. The molecule has 0 atom stereocenters. The van der Waals surface area contributed by atoms with Crippen LogP contribution >= 0.6 is 0 Å². The van der Waals surface area contributed by atoms with Crippen LogP contribution in [0.4, 0.5) is 5.69 Å². The molecule has 0 radical (unpaired) electrons. The Morgan fingerprint density at radius 2 is 2.11 bits per heavy atom. The topological polar surface area (TPSA) is 122 Å². The number of carboxylic acids is 1. The molecule has 1 aromatic carbocycles. The molecule has 0 aliphatic carbocycles. The van der Waals surface area contributed by atoms with Crippen LogP contribution in [0.5, 0.6) is 5.75 Å². The van der Waals surface area contributed by atoms with Crippen LogP contribution in [0.25, 0.3) is 0 Å². The quantitative estimate of drug-likeness (QED) is 0.518. The number of aromatic carboxylic acids is 1. The molecule has 1 aromatic rings. The van der Waals surface area contributed by atoms with Gasteiger partial charge in [0, 0.05) is 13.0 Å². The van der Waals surface area contributed by atoms with Crippen molar-refractivity contribution in [2.24, 2.45) is 5.73 Å². The maximum absolute atomic E-state index is 11.2. The van der Waals surface area contributed by atoms with Crippen molar-refractivity contribution in [2.45, 2.75) is 6.42 Å². The average Bonchev–Trinajstić information content (AvgIpc) is 2.40. The highest BCUT2D eigenvalue weighted by atomic mass is 16.5. The molecule has 7 nitrogen and oxygen atoms in total. The Balaban J connectivity index is 2.93. The summed E-state index contributed by atoms with van der Waals surface area (Å²) in [6, 6.07) is 4.10. The zero-order valence-electron chi connectivity index (χ0n) is 10.3. The predicted octanol–water partition coefficient (Wildman–Crippen LogP) is 0.0432. The first-order valence-electron chi connectivity index (χ1n) is 5.69. The average molecular weight is 268 g/mol. The van der Waals surface area contributed by atoms with Gasteiger partial charge < -0.3 is 26.0 Å². The van der Waals surface area contributed by atoms with E-state index in [0.29, 0.717) is 12.1 Å². The fourth-order valence-electron chi connectivity index (χ4n) is 1.33. The van der Waals surface area contributed by atoms with Gasteiger partial charge in [0.2, 0.25) is 5.91 Å². The zero-order chi connectivity index (χ0) is 14.3. The van der Waals surface area contributed by atoms with E-state index in [-0.39, 0.29) is 31.1 Å². The van der Waals surface area contributed by atoms with E-state index >= 15 is 0 Å². The van der Waals surface area contributed by atoms with Crippen LogP contribution in [-0.4, -0.2) is 41.8 Å². The molecule has 0 spiro atoms. The second-order valence-electron chi connectivity index (χ2n) is 3.69. The van der Waals surface area contributed by atoms with Crippen molar-refractivity contribution in [3.63, 3.8) is 0 Å². The van der Waals surface area contributed by atoms with E-state index in [4.69, 9.17) is 20.7 Å². The maximum Gasteiger partial charge on any atom is 0.335 e. The van der Waals surface area contributed by atoms with E-state index in [2.05, 4.69) is 5.32 Å². The molecule has 0 aliphatic heterocycles. The highest BCUT2D eigenvalue weighted by molar-refractivity contribution is 5.95. The van der Waals surface area contributed by atoms with Crippen molar-refractivity contribution in [1.82, 2.24) is 0 Å². The number of amides is 1. The Morgan fingerprint density at radius 1 is 1.37 bits per heavy atom. The standard InChI is InChI=1S/C12H16N2O5/c13-7-11(16)14-9-3-2-8(12(17)18)6-10(9)19-5-1-4-15/h2-3,6,15H,1,4-5,7,13H2,(H,14,16)(H,17,18). The second-order valence-corrected chi connectivity index (χ2v) is 3.69. The van der Waals surface area contributed by atoms with Crippen LogP contribution in [0, 0.1) is 0 Å². The van der Waals surface area contributed by atoms with Crippen LogP contribution in [0.2, 0.25) is 0 Å². The Morgan fingerprint density at radius 3 is 2.68 bits per heavy atom. The van der Waals surface area contributed by atoms with E-state index in [1.807, 2.05) is 0 Å². The fraction of sp³-hybridized carbons (Fsp3) is 0.333. The summed E-state index contributed by atoms with van der Waals surface area (Å²) in [6.45, 7) is -0.00898. The summed E-state index contributed by atoms with van der Waals surface area (Å²) in [6.07, 6.45) is 0.404. The third-order valence-electron chi connectivity index (χ3n) is 2.25. The smallest absolute Gasteiger partial charge is 0.335 e. The lowest BCUT2D eigenvalue weighted by atomic mass is 10.2. The Bertz CT molecular complexity index is 461. The van der Waals surface area contributed by atoms with Gasteiger partial charge in [-0.3, -0.25) is 4.79 Å². The van der Waals surface area contributed by atoms with Crippen LogP contribution in [-0.2, 0) is 4.79 Å². The number of ether oxygens (including phenoxy) is 1. The van der Waals surface area contributed by atoms with Gasteiger partial charge in [-0.05, 0) is 18.2 Å². The van der Waals surface area contributed by atoms with Gasteiger partial charge in [-0.15, -0.1) is 0 Å². The molecule has 0 fully saturated rings. The molecular formula is C12H16N2O5. The fourth-order valence-corrected chi connectivity index (χ4v) is 1.33. The lowest BCUT2D eigenvalue weighted by molar-refractivity contribution is -0.114. The van der Waals surface area contributed by atoms with E-state index < -0.39 is 11.9 Å². The number of hydrogen-bond acceptors (Lipinski definition) is 5. The molecule has 0 aliphatic rings. The van der Waals surface area contributed by atoms with Crippen molar-refractivity contribution < 1.29 is 24.5 Å². The van der Waals surface area contributed by atoms with E-state index in [0.717, 1.165) is 0 Å². The van der Waals surface area contributed by atoms with Crippen molar-refractivity contribution in [2.75, 3.05) is 25.1 Å². The summed E-state index contributed by atoms with van der Waals surface area (Å²) >= 11 is 0. The van der Waals surface area contributed by atoms with Crippen molar-refractivity contribution in [3.05, 3.63) is 23.8 Å². The van der Waals surface area contributed by atoms with Crippen LogP contribution in [0.3, 0.4) is 0 Å². The summed E-state index contributed by atoms with van der Waals surface area (Å²) < 4.78 is 5.33. The van der Waals surface area contributed by atoms with Gasteiger partial charge >= 0.3 is 5.97 Å². The number of carboxylic acid groups (broad SMARTS) is 1. The normalized spacial score (nSPS) is 10.0. The summed E-state index contributed by atoms with van der Waals surface area (Å²) in [5, 5.41) is 20.1. The lowest BCUT2D eigenvalue weighted by Gasteiger charge is -2.12. The first-order chi connectivity index (χ1) is 9.08. The molecule has 5 N–H and O–H groups in total. The van der Waals surface area contributed by atoms with Gasteiger partial charge in [0.1, 0.15) is 5.75 Å². The Hall–Kier alpha value is -2.12. The third-order valence-corrected chi connectivity index (χ3v) is 2.25. The van der Waals surface area contributed by atoms with Gasteiger partial charge in [-0.2, -0.15) is 0 Å². The SMILES string of the molecule is NCC(=O)Nc1ccc(C(=O)O)cc1OCCCO. The van der Waals surface area contributed by atoms with Gasteiger partial charge in [0.25, 0.3) is 0 Å². The largest absolute Gasteiger partial charge is 0.491 e. The summed E-state index contributed by atoms with van der Waals surface area (Å²) in [5.74, 6) is -1.27. The van der Waals surface area contributed by atoms with Crippen LogP contribution in [0.15, 0.2) is 18.2 Å². The van der Waals surface area contributed by atoms with E-state index in [1.54, 1.807) is 0 Å². The number of anilines is 1. The maximum atomic E-state index is 11.2. The molecule has 0 bridgehead atoms. The van der Waals surface area contributed by atoms with Crippen molar-refractivity contribution in [1.29, 1.82) is 0 Å². The number of nitrogens with two attached hydrogens (primary N) is 1. The first kappa shape index (κ1) is 14.9. The molecule has 1 rings (SSSR count). The van der Waals surface area contributed by atoms with E-state index in [1.165, 1.54) is 18.2 Å².